The fourth-order valence-electron chi connectivity index (χ4n) is 5.47. The van der Waals surface area contributed by atoms with E-state index in [-0.39, 0.29) is 13.2 Å². The number of rotatable bonds is 9. The van der Waals surface area contributed by atoms with E-state index < -0.39 is 42.3 Å². The number of hydrogen-bond donors (Lipinski definition) is 2. The van der Waals surface area contributed by atoms with E-state index in [1.54, 1.807) is 43.3 Å². The molecular weight excluding hydrogens is 596 g/mol. The molecule has 1 aliphatic carbocycles. The quantitative estimate of drug-likeness (QED) is 0.306. The molecule has 5 rings (SSSR count). The summed E-state index contributed by atoms with van der Waals surface area (Å²) in [5.74, 6) is -2.03. The highest BCUT2D eigenvalue weighted by Gasteiger charge is 2.38. The van der Waals surface area contributed by atoms with Crippen LogP contribution in [0.3, 0.4) is 0 Å². The largest absolute Gasteiger partial charge is 0.375 e. The number of fused-ring (bicyclic) bond motifs is 2. The van der Waals surface area contributed by atoms with Crippen LogP contribution in [0.4, 0.5) is 11.4 Å². The lowest BCUT2D eigenvalue weighted by molar-refractivity contribution is -0.126. The number of amides is 4. The van der Waals surface area contributed by atoms with Crippen molar-refractivity contribution < 1.29 is 28.7 Å². The van der Waals surface area contributed by atoms with Crippen LogP contribution in [0.1, 0.15) is 70.7 Å². The number of nitrogens with one attached hydrogen (secondary N) is 2. The molecule has 3 aromatic rings. The lowest BCUT2D eigenvalue weighted by atomic mass is 9.72. The molecule has 0 saturated heterocycles. The summed E-state index contributed by atoms with van der Waals surface area (Å²) in [4.78, 5) is 67.2. The fourth-order valence-corrected chi connectivity index (χ4v) is 5.47. The normalized spacial score (nSPS) is 16.9. The molecule has 1 heterocycles. The van der Waals surface area contributed by atoms with Crippen LogP contribution in [0.25, 0.3) is 10.8 Å². The minimum absolute atomic E-state index is 0.168. The molecule has 0 radical (unpaired) electrons. The van der Waals surface area contributed by atoms with Gasteiger partial charge in [-0.3, -0.25) is 24.1 Å². The third-order valence-corrected chi connectivity index (χ3v) is 8.26. The van der Waals surface area contributed by atoms with E-state index in [0.29, 0.717) is 35.0 Å². The van der Waals surface area contributed by atoms with Gasteiger partial charge >= 0.3 is 0 Å². The van der Waals surface area contributed by atoms with Crippen LogP contribution in [0.2, 0.25) is 0 Å². The van der Waals surface area contributed by atoms with Gasteiger partial charge in [-0.25, -0.2) is 0 Å². The third kappa shape index (κ3) is 9.48. The standard InChI is InChI=1S/C29H30N4O6.C6H12.C2H6/c1-3-20(17-34)30-26(35)16-33-25-14-7-6-13-24(25)32(27(36)18-39-2)15-23(29(33)38)31-28(37)22-12-8-10-19-9-4-5-11-21(19)22;1-6(2)4-3-5-6;1-2/h4-14,17,20,23H,3,15-16,18H2,1-2H3,(H,30,35)(H,31,37);3-5H2,1-2H3;1-2H3. The van der Waals surface area contributed by atoms with Gasteiger partial charge in [0, 0.05) is 12.7 Å². The van der Waals surface area contributed by atoms with Crippen molar-refractivity contribution in [1.82, 2.24) is 10.6 Å². The maximum absolute atomic E-state index is 13.9. The smallest absolute Gasteiger partial charge is 0.253 e. The summed E-state index contributed by atoms with van der Waals surface area (Å²) in [6, 6.07) is 17.5. The van der Waals surface area contributed by atoms with Gasteiger partial charge in [0.15, 0.2) is 0 Å². The van der Waals surface area contributed by atoms with Crippen molar-refractivity contribution in [3.63, 3.8) is 0 Å². The van der Waals surface area contributed by atoms with Crippen LogP contribution in [0.5, 0.6) is 0 Å². The Kier molecular flexibility index (Phi) is 13.6. The molecule has 2 atom stereocenters. The van der Waals surface area contributed by atoms with Crippen molar-refractivity contribution >= 4 is 52.1 Å². The molecule has 3 aromatic carbocycles. The van der Waals surface area contributed by atoms with Gasteiger partial charge in [0.25, 0.3) is 17.7 Å². The van der Waals surface area contributed by atoms with Crippen molar-refractivity contribution in [2.75, 3.05) is 36.6 Å². The SMILES string of the molecule is CC.CC1(C)CCC1.CCC(C=O)NC(=O)CN1C(=O)C(NC(=O)c2cccc3ccccc23)CN(C(=O)COC)c2ccccc21. The summed E-state index contributed by atoms with van der Waals surface area (Å²) in [5, 5.41) is 6.97. The lowest BCUT2D eigenvalue weighted by Crippen LogP contribution is -2.55. The molecule has 10 heteroatoms. The van der Waals surface area contributed by atoms with Crippen molar-refractivity contribution in [3.8, 4) is 0 Å². The van der Waals surface area contributed by atoms with Gasteiger partial charge < -0.3 is 25.1 Å². The van der Waals surface area contributed by atoms with E-state index in [9.17, 15) is 24.0 Å². The summed E-state index contributed by atoms with van der Waals surface area (Å²) in [6.07, 6.45) is 5.39. The van der Waals surface area contributed by atoms with Gasteiger partial charge in [0.2, 0.25) is 5.91 Å². The lowest BCUT2D eigenvalue weighted by Gasteiger charge is -2.33. The molecule has 0 bridgehead atoms. The van der Waals surface area contributed by atoms with E-state index in [2.05, 4.69) is 24.5 Å². The number of benzene rings is 3. The molecule has 1 aliphatic heterocycles. The number of aldehydes is 1. The number of anilines is 2. The molecule has 10 nitrogen and oxygen atoms in total. The summed E-state index contributed by atoms with van der Waals surface area (Å²) in [7, 11) is 1.39. The highest BCUT2D eigenvalue weighted by Crippen LogP contribution is 2.39. The summed E-state index contributed by atoms with van der Waals surface area (Å²) < 4.78 is 5.06. The maximum atomic E-state index is 13.9. The summed E-state index contributed by atoms with van der Waals surface area (Å²) >= 11 is 0. The Hall–Kier alpha value is -4.57. The molecule has 2 aliphatic rings. The van der Waals surface area contributed by atoms with Crippen LogP contribution in [-0.2, 0) is 23.9 Å². The maximum Gasteiger partial charge on any atom is 0.253 e. The van der Waals surface area contributed by atoms with Gasteiger partial charge in [-0.2, -0.15) is 0 Å². The molecule has 2 unspecified atom stereocenters. The molecule has 1 saturated carbocycles. The molecular formula is C37H48N4O6. The first kappa shape index (κ1) is 36.9. The van der Waals surface area contributed by atoms with Crippen LogP contribution >= 0.6 is 0 Å². The van der Waals surface area contributed by atoms with Gasteiger partial charge in [0.1, 0.15) is 25.5 Å². The summed E-state index contributed by atoms with van der Waals surface area (Å²) in [5.41, 5.74) is 1.81. The summed E-state index contributed by atoms with van der Waals surface area (Å²) in [6.45, 7) is 9.59. The van der Waals surface area contributed by atoms with Crippen LogP contribution < -0.4 is 20.4 Å². The predicted molar refractivity (Wildman–Crippen MR) is 185 cm³/mol. The number of nitrogens with zero attached hydrogens (tertiary/aromatic N) is 2. The van der Waals surface area contributed by atoms with Crippen molar-refractivity contribution in [2.24, 2.45) is 5.41 Å². The zero-order valence-corrected chi connectivity index (χ0v) is 28.4. The highest BCUT2D eigenvalue weighted by molar-refractivity contribution is 6.13. The van der Waals surface area contributed by atoms with E-state index in [0.717, 1.165) is 10.8 Å². The number of para-hydroxylation sites is 2. The highest BCUT2D eigenvalue weighted by atomic mass is 16.5. The average Bonchev–Trinajstić information content (AvgIpc) is 3.18. The first-order valence-electron chi connectivity index (χ1n) is 16.3. The second kappa shape index (κ2) is 17.4. The monoisotopic (exact) mass is 644 g/mol. The van der Waals surface area contributed by atoms with Crippen LogP contribution in [0, 0.1) is 5.41 Å². The van der Waals surface area contributed by atoms with Crippen LogP contribution in [-0.4, -0.2) is 68.8 Å². The van der Waals surface area contributed by atoms with Crippen LogP contribution in [0.15, 0.2) is 66.7 Å². The predicted octanol–water partition coefficient (Wildman–Crippen LogP) is 5.28. The Balaban J connectivity index is 0.000000664. The minimum atomic E-state index is -1.18. The molecule has 0 aromatic heterocycles. The minimum Gasteiger partial charge on any atom is -0.375 e. The average molecular weight is 645 g/mol. The molecule has 1 fully saturated rings. The van der Waals surface area contributed by atoms with E-state index in [1.807, 2.05) is 44.2 Å². The number of hydrogen-bond acceptors (Lipinski definition) is 6. The zero-order valence-electron chi connectivity index (χ0n) is 28.4. The number of carbonyl (C=O) groups is 5. The molecule has 0 spiro atoms. The second-order valence-corrected chi connectivity index (χ2v) is 12.1. The Morgan fingerprint density at radius 1 is 0.979 bits per heavy atom. The van der Waals surface area contributed by atoms with Gasteiger partial charge in [0.05, 0.1) is 24.0 Å². The molecule has 4 amide bonds. The molecule has 2 N–H and O–H groups in total. The van der Waals surface area contributed by atoms with E-state index in [1.165, 1.54) is 36.2 Å². The second-order valence-electron chi connectivity index (χ2n) is 12.1. The van der Waals surface area contributed by atoms with Crippen molar-refractivity contribution in [2.45, 2.75) is 72.4 Å². The Bertz CT molecular complexity index is 1540. The van der Waals surface area contributed by atoms with Gasteiger partial charge in [-0.1, -0.05) is 89.6 Å². The zero-order chi connectivity index (χ0) is 34.6. The number of carbonyl (C=O) groups excluding carboxylic acids is 5. The number of methoxy groups -OCH3 is 1. The topological polar surface area (TPSA) is 125 Å². The van der Waals surface area contributed by atoms with E-state index in [4.69, 9.17) is 4.74 Å². The molecule has 252 valence electrons. The van der Waals surface area contributed by atoms with Crippen molar-refractivity contribution in [1.29, 1.82) is 0 Å². The Labute approximate surface area is 277 Å². The fraction of sp³-hybridized carbons (Fsp3) is 0.432. The first-order chi connectivity index (χ1) is 22.6. The molecule has 47 heavy (non-hydrogen) atoms. The Morgan fingerprint density at radius 3 is 2.19 bits per heavy atom. The van der Waals surface area contributed by atoms with Crippen molar-refractivity contribution in [3.05, 3.63) is 72.3 Å². The van der Waals surface area contributed by atoms with Gasteiger partial charge in [-0.05, 0) is 53.6 Å². The third-order valence-electron chi connectivity index (χ3n) is 8.26. The van der Waals surface area contributed by atoms with Gasteiger partial charge in [-0.15, -0.1) is 0 Å². The van der Waals surface area contributed by atoms with E-state index >= 15 is 0 Å². The Morgan fingerprint density at radius 2 is 1.60 bits per heavy atom. The first-order valence-corrected chi connectivity index (χ1v) is 16.3. The number of ether oxygens (including phenoxy) is 1.